The number of imidazole rings is 1. The molecule has 0 spiro atoms. The number of rotatable bonds is 3. The molecule has 0 aliphatic carbocycles. The van der Waals surface area contributed by atoms with Crippen LogP contribution in [-0.2, 0) is 0 Å². The number of aromatic carboxylic acids is 1. The van der Waals surface area contributed by atoms with E-state index in [9.17, 15) is 9.90 Å². The van der Waals surface area contributed by atoms with Crippen LogP contribution in [0.3, 0.4) is 0 Å². The Balaban J connectivity index is 1.70. The standard InChI is InChI=1S/C16H15N5O2/c22-15(23)13-9-14-18-6-8-21(14)16(19-13)20-7-3-12(10-20)11-1-4-17-5-2-11/h1-2,4-6,8-9,12H,3,7,10H2,(H,22,23). The molecule has 1 saturated heterocycles. The van der Waals surface area contributed by atoms with Crippen LogP contribution in [0.5, 0.6) is 0 Å². The Kier molecular flexibility index (Phi) is 3.18. The van der Waals surface area contributed by atoms with Gasteiger partial charge in [0.2, 0.25) is 5.95 Å². The molecule has 1 fully saturated rings. The fraction of sp³-hybridized carbons (Fsp3) is 0.250. The molecule has 23 heavy (non-hydrogen) atoms. The topological polar surface area (TPSA) is 83.6 Å². The largest absolute Gasteiger partial charge is 0.477 e. The van der Waals surface area contributed by atoms with Gasteiger partial charge in [-0.1, -0.05) is 0 Å². The summed E-state index contributed by atoms with van der Waals surface area (Å²) >= 11 is 0. The molecule has 1 aliphatic rings. The summed E-state index contributed by atoms with van der Waals surface area (Å²) in [7, 11) is 0. The minimum absolute atomic E-state index is 0.0195. The van der Waals surface area contributed by atoms with E-state index in [1.807, 2.05) is 22.7 Å². The van der Waals surface area contributed by atoms with E-state index in [1.165, 1.54) is 11.6 Å². The predicted octanol–water partition coefficient (Wildman–Crippen LogP) is 1.82. The molecule has 7 heteroatoms. The lowest BCUT2D eigenvalue weighted by molar-refractivity contribution is 0.0690. The third-order valence-corrected chi connectivity index (χ3v) is 4.24. The van der Waals surface area contributed by atoms with Gasteiger partial charge in [-0.3, -0.25) is 9.38 Å². The summed E-state index contributed by atoms with van der Waals surface area (Å²) in [5.41, 5.74) is 1.87. The minimum atomic E-state index is -1.04. The maximum atomic E-state index is 11.3. The molecule has 4 rings (SSSR count). The number of nitrogens with zero attached hydrogens (tertiary/aromatic N) is 5. The molecule has 0 radical (unpaired) electrons. The third kappa shape index (κ3) is 2.40. The first-order valence-corrected chi connectivity index (χ1v) is 7.44. The first-order valence-electron chi connectivity index (χ1n) is 7.44. The summed E-state index contributed by atoms with van der Waals surface area (Å²) in [5.74, 6) is -0.0116. The molecule has 4 heterocycles. The number of carboxylic acids is 1. The van der Waals surface area contributed by atoms with Crippen LogP contribution >= 0.6 is 0 Å². The number of carbonyl (C=O) groups is 1. The predicted molar refractivity (Wildman–Crippen MR) is 83.8 cm³/mol. The van der Waals surface area contributed by atoms with Crippen LogP contribution in [0.2, 0.25) is 0 Å². The number of hydrogen-bond acceptors (Lipinski definition) is 5. The minimum Gasteiger partial charge on any atom is -0.477 e. The van der Waals surface area contributed by atoms with Crippen molar-refractivity contribution in [3.63, 3.8) is 0 Å². The second-order valence-corrected chi connectivity index (χ2v) is 5.61. The number of anilines is 1. The van der Waals surface area contributed by atoms with Crippen molar-refractivity contribution in [3.05, 3.63) is 54.2 Å². The van der Waals surface area contributed by atoms with Crippen LogP contribution in [0.15, 0.2) is 43.0 Å². The quantitative estimate of drug-likeness (QED) is 0.794. The summed E-state index contributed by atoms with van der Waals surface area (Å²) in [6.45, 7) is 1.63. The second-order valence-electron chi connectivity index (χ2n) is 5.61. The molecule has 0 amide bonds. The van der Waals surface area contributed by atoms with E-state index in [0.29, 0.717) is 17.5 Å². The molecule has 0 bridgehead atoms. The highest BCUT2D eigenvalue weighted by molar-refractivity contribution is 5.87. The van der Waals surface area contributed by atoms with Gasteiger partial charge in [0.25, 0.3) is 0 Å². The number of aromatic nitrogens is 4. The van der Waals surface area contributed by atoms with Crippen molar-refractivity contribution >= 4 is 17.6 Å². The van der Waals surface area contributed by atoms with Crippen molar-refractivity contribution in [1.29, 1.82) is 0 Å². The Labute approximate surface area is 132 Å². The van der Waals surface area contributed by atoms with Crippen LogP contribution in [0, 0.1) is 0 Å². The zero-order chi connectivity index (χ0) is 15.8. The SMILES string of the molecule is O=C(O)c1cc2nccn2c(N2CCC(c3ccncc3)C2)n1. The van der Waals surface area contributed by atoms with Gasteiger partial charge in [0.05, 0.1) is 0 Å². The van der Waals surface area contributed by atoms with E-state index in [0.717, 1.165) is 19.5 Å². The first kappa shape index (κ1) is 13.7. The Morgan fingerprint density at radius 2 is 2.09 bits per heavy atom. The van der Waals surface area contributed by atoms with Gasteiger partial charge in [0.15, 0.2) is 5.69 Å². The van der Waals surface area contributed by atoms with Crippen molar-refractivity contribution in [2.24, 2.45) is 0 Å². The molecule has 0 aromatic carbocycles. The lowest BCUT2D eigenvalue weighted by Crippen LogP contribution is -2.24. The molecule has 1 N–H and O–H groups in total. The smallest absolute Gasteiger partial charge is 0.354 e. The Morgan fingerprint density at radius 1 is 1.26 bits per heavy atom. The van der Waals surface area contributed by atoms with Crippen LogP contribution in [-0.4, -0.2) is 43.5 Å². The van der Waals surface area contributed by atoms with Gasteiger partial charge in [0.1, 0.15) is 5.65 Å². The van der Waals surface area contributed by atoms with Crippen molar-refractivity contribution in [2.75, 3.05) is 18.0 Å². The average molecular weight is 309 g/mol. The molecular formula is C16H15N5O2. The highest BCUT2D eigenvalue weighted by Crippen LogP contribution is 2.30. The highest BCUT2D eigenvalue weighted by atomic mass is 16.4. The fourth-order valence-electron chi connectivity index (χ4n) is 3.09. The van der Waals surface area contributed by atoms with Gasteiger partial charge < -0.3 is 10.0 Å². The van der Waals surface area contributed by atoms with E-state index in [4.69, 9.17) is 0 Å². The number of pyridine rings is 1. The van der Waals surface area contributed by atoms with Crippen LogP contribution in [0.1, 0.15) is 28.4 Å². The fourth-order valence-corrected chi connectivity index (χ4v) is 3.09. The first-order chi connectivity index (χ1) is 11.2. The normalized spacial score (nSPS) is 17.7. The summed E-state index contributed by atoms with van der Waals surface area (Å²) in [4.78, 5) is 26.0. The van der Waals surface area contributed by atoms with Gasteiger partial charge in [-0.05, 0) is 24.1 Å². The summed E-state index contributed by atoms with van der Waals surface area (Å²) in [6.07, 6.45) is 8.07. The average Bonchev–Trinajstić information content (AvgIpc) is 3.24. The van der Waals surface area contributed by atoms with Gasteiger partial charge in [-0.25, -0.2) is 14.8 Å². The number of carboxylic acid groups (broad SMARTS) is 1. The number of hydrogen-bond donors (Lipinski definition) is 1. The highest BCUT2D eigenvalue weighted by Gasteiger charge is 2.27. The van der Waals surface area contributed by atoms with E-state index in [2.05, 4.69) is 19.9 Å². The maximum absolute atomic E-state index is 11.3. The molecule has 7 nitrogen and oxygen atoms in total. The molecule has 1 aliphatic heterocycles. The van der Waals surface area contributed by atoms with E-state index in [1.54, 1.807) is 18.6 Å². The van der Waals surface area contributed by atoms with E-state index >= 15 is 0 Å². The Morgan fingerprint density at radius 3 is 2.87 bits per heavy atom. The Hall–Kier alpha value is -2.96. The van der Waals surface area contributed by atoms with Crippen molar-refractivity contribution in [3.8, 4) is 0 Å². The van der Waals surface area contributed by atoms with Crippen molar-refractivity contribution < 1.29 is 9.90 Å². The lowest BCUT2D eigenvalue weighted by atomic mass is 10.00. The van der Waals surface area contributed by atoms with Crippen molar-refractivity contribution in [1.82, 2.24) is 19.4 Å². The molecule has 3 aromatic rings. The van der Waals surface area contributed by atoms with Gasteiger partial charge in [-0.2, -0.15) is 0 Å². The molecule has 116 valence electrons. The monoisotopic (exact) mass is 309 g/mol. The lowest BCUT2D eigenvalue weighted by Gasteiger charge is -2.19. The van der Waals surface area contributed by atoms with Crippen molar-refractivity contribution in [2.45, 2.75) is 12.3 Å². The van der Waals surface area contributed by atoms with Gasteiger partial charge in [-0.15, -0.1) is 0 Å². The molecule has 0 saturated carbocycles. The van der Waals surface area contributed by atoms with E-state index in [-0.39, 0.29) is 5.69 Å². The van der Waals surface area contributed by atoms with Crippen LogP contribution < -0.4 is 4.90 Å². The zero-order valence-electron chi connectivity index (χ0n) is 12.3. The zero-order valence-corrected chi connectivity index (χ0v) is 12.3. The summed E-state index contributed by atoms with van der Waals surface area (Å²) in [5, 5.41) is 9.25. The third-order valence-electron chi connectivity index (χ3n) is 4.24. The Bertz CT molecular complexity index is 861. The molecule has 1 atom stereocenters. The van der Waals surface area contributed by atoms with Crippen LogP contribution in [0.4, 0.5) is 5.95 Å². The molecule has 3 aromatic heterocycles. The van der Waals surface area contributed by atoms with Gasteiger partial charge >= 0.3 is 5.97 Å². The second kappa shape index (κ2) is 5.35. The summed E-state index contributed by atoms with van der Waals surface area (Å²) in [6, 6.07) is 5.55. The van der Waals surface area contributed by atoms with Gasteiger partial charge in [0, 0.05) is 49.9 Å². The summed E-state index contributed by atoms with van der Waals surface area (Å²) < 4.78 is 1.83. The van der Waals surface area contributed by atoms with Crippen LogP contribution in [0.25, 0.3) is 5.65 Å². The molecular weight excluding hydrogens is 294 g/mol. The maximum Gasteiger partial charge on any atom is 0.354 e. The molecule has 1 unspecified atom stereocenters. The number of fused-ring (bicyclic) bond motifs is 1. The van der Waals surface area contributed by atoms with E-state index < -0.39 is 5.97 Å².